The predicted octanol–water partition coefficient (Wildman–Crippen LogP) is 1.17. The summed E-state index contributed by atoms with van der Waals surface area (Å²) in [5.74, 6) is -0.597. The maximum atomic E-state index is 13.5. The number of halogens is 1. The molecular weight excluding hydrogens is 223 g/mol. The van der Waals surface area contributed by atoms with Crippen molar-refractivity contribution in [2.75, 3.05) is 26.7 Å². The van der Waals surface area contributed by atoms with Crippen LogP contribution in [0.15, 0.2) is 18.2 Å². The molecule has 0 spiro atoms. The van der Waals surface area contributed by atoms with Crippen molar-refractivity contribution in [2.24, 2.45) is 0 Å². The number of methoxy groups -OCH3 is 1. The van der Waals surface area contributed by atoms with Crippen molar-refractivity contribution >= 4 is 5.91 Å². The quantitative estimate of drug-likeness (QED) is 0.734. The number of hydrogen-bond acceptors (Lipinski definition) is 3. The number of carbonyl (C=O) groups is 1. The Bertz CT molecular complexity index is 383. The van der Waals surface area contributed by atoms with Crippen molar-refractivity contribution in [3.05, 3.63) is 29.6 Å². The van der Waals surface area contributed by atoms with Gasteiger partial charge in [0.05, 0.1) is 12.7 Å². The molecule has 1 aromatic carbocycles. The van der Waals surface area contributed by atoms with Crippen molar-refractivity contribution in [3.8, 4) is 5.75 Å². The van der Waals surface area contributed by atoms with Gasteiger partial charge in [-0.05, 0) is 18.7 Å². The van der Waals surface area contributed by atoms with E-state index in [2.05, 4.69) is 10.6 Å². The third-order valence-corrected chi connectivity index (χ3v) is 2.26. The first kappa shape index (κ1) is 13.4. The Kier molecular flexibility index (Phi) is 5.42. The van der Waals surface area contributed by atoms with Gasteiger partial charge >= 0.3 is 0 Å². The van der Waals surface area contributed by atoms with Gasteiger partial charge in [0.25, 0.3) is 5.91 Å². The first-order valence-corrected chi connectivity index (χ1v) is 5.51. The highest BCUT2D eigenvalue weighted by Crippen LogP contribution is 2.15. The van der Waals surface area contributed by atoms with Crippen molar-refractivity contribution in [3.63, 3.8) is 0 Å². The van der Waals surface area contributed by atoms with Crippen molar-refractivity contribution in [2.45, 2.75) is 6.92 Å². The van der Waals surface area contributed by atoms with Crippen molar-refractivity contribution in [1.29, 1.82) is 0 Å². The van der Waals surface area contributed by atoms with Crippen LogP contribution in [0.2, 0.25) is 0 Å². The van der Waals surface area contributed by atoms with E-state index in [1.165, 1.54) is 19.2 Å². The first-order valence-electron chi connectivity index (χ1n) is 5.51. The van der Waals surface area contributed by atoms with Crippen LogP contribution < -0.4 is 15.4 Å². The molecule has 0 bridgehead atoms. The van der Waals surface area contributed by atoms with Crippen LogP contribution in [0.4, 0.5) is 4.39 Å². The SMILES string of the molecule is CCNCCNC(=O)c1ccc(OC)cc1F. The fourth-order valence-electron chi connectivity index (χ4n) is 1.34. The van der Waals surface area contributed by atoms with Gasteiger partial charge in [0.15, 0.2) is 0 Å². The molecule has 0 radical (unpaired) electrons. The third kappa shape index (κ3) is 4.03. The topological polar surface area (TPSA) is 50.4 Å². The number of carbonyl (C=O) groups excluding carboxylic acids is 1. The van der Waals surface area contributed by atoms with E-state index in [9.17, 15) is 9.18 Å². The Morgan fingerprint density at radius 2 is 2.18 bits per heavy atom. The molecule has 0 heterocycles. The molecule has 0 saturated heterocycles. The molecule has 1 amide bonds. The monoisotopic (exact) mass is 240 g/mol. The van der Waals surface area contributed by atoms with Crippen LogP contribution in [-0.2, 0) is 0 Å². The molecule has 0 fully saturated rings. The minimum absolute atomic E-state index is 0.0299. The zero-order valence-electron chi connectivity index (χ0n) is 10.0. The zero-order chi connectivity index (χ0) is 12.7. The lowest BCUT2D eigenvalue weighted by atomic mass is 10.2. The van der Waals surface area contributed by atoms with E-state index in [1.54, 1.807) is 6.07 Å². The van der Waals surface area contributed by atoms with E-state index in [1.807, 2.05) is 6.92 Å². The lowest BCUT2D eigenvalue weighted by Gasteiger charge is -2.07. The summed E-state index contributed by atoms with van der Waals surface area (Å²) >= 11 is 0. The smallest absolute Gasteiger partial charge is 0.254 e. The second-order valence-electron chi connectivity index (χ2n) is 3.46. The van der Waals surface area contributed by atoms with Crippen LogP contribution in [0.3, 0.4) is 0 Å². The van der Waals surface area contributed by atoms with Gasteiger partial charge in [-0.25, -0.2) is 4.39 Å². The summed E-state index contributed by atoms with van der Waals surface area (Å²) in [5.41, 5.74) is 0.0299. The summed E-state index contributed by atoms with van der Waals surface area (Å²) in [6, 6.07) is 4.16. The summed E-state index contributed by atoms with van der Waals surface area (Å²) in [6.07, 6.45) is 0. The minimum Gasteiger partial charge on any atom is -0.497 e. The molecule has 0 aliphatic rings. The molecule has 2 N–H and O–H groups in total. The highest BCUT2D eigenvalue weighted by molar-refractivity contribution is 5.94. The number of nitrogens with one attached hydrogen (secondary N) is 2. The molecule has 0 saturated carbocycles. The van der Waals surface area contributed by atoms with E-state index in [0.29, 0.717) is 18.8 Å². The van der Waals surface area contributed by atoms with Crippen LogP contribution >= 0.6 is 0 Å². The van der Waals surface area contributed by atoms with Gasteiger partial charge in [-0.15, -0.1) is 0 Å². The third-order valence-electron chi connectivity index (χ3n) is 2.26. The molecule has 0 aromatic heterocycles. The second-order valence-corrected chi connectivity index (χ2v) is 3.46. The fraction of sp³-hybridized carbons (Fsp3) is 0.417. The molecule has 94 valence electrons. The van der Waals surface area contributed by atoms with Crippen LogP contribution in [-0.4, -0.2) is 32.7 Å². The van der Waals surface area contributed by atoms with Gasteiger partial charge < -0.3 is 15.4 Å². The molecule has 0 aliphatic carbocycles. The van der Waals surface area contributed by atoms with Gasteiger partial charge in [0, 0.05) is 19.2 Å². The Labute approximate surface area is 100 Å². The highest BCUT2D eigenvalue weighted by atomic mass is 19.1. The summed E-state index contributed by atoms with van der Waals surface area (Å²) < 4.78 is 18.4. The van der Waals surface area contributed by atoms with E-state index in [-0.39, 0.29) is 5.56 Å². The van der Waals surface area contributed by atoms with Gasteiger partial charge in [0.2, 0.25) is 0 Å². The van der Waals surface area contributed by atoms with E-state index >= 15 is 0 Å². The maximum Gasteiger partial charge on any atom is 0.254 e. The molecular formula is C12H17FN2O2. The second kappa shape index (κ2) is 6.85. The normalized spacial score (nSPS) is 10.1. The predicted molar refractivity (Wildman–Crippen MR) is 63.8 cm³/mol. The minimum atomic E-state index is -0.578. The van der Waals surface area contributed by atoms with Crippen LogP contribution in [0.25, 0.3) is 0 Å². The number of ether oxygens (including phenoxy) is 1. The zero-order valence-corrected chi connectivity index (χ0v) is 10.0. The number of hydrogen-bond donors (Lipinski definition) is 2. The Morgan fingerprint density at radius 1 is 1.41 bits per heavy atom. The Hall–Kier alpha value is -1.62. The van der Waals surface area contributed by atoms with Gasteiger partial charge in [-0.1, -0.05) is 6.92 Å². The molecule has 17 heavy (non-hydrogen) atoms. The average Bonchev–Trinajstić information content (AvgIpc) is 2.34. The number of benzene rings is 1. The maximum absolute atomic E-state index is 13.5. The summed E-state index contributed by atoms with van der Waals surface area (Å²) in [6.45, 7) is 3.95. The molecule has 1 rings (SSSR count). The van der Waals surface area contributed by atoms with E-state index < -0.39 is 11.7 Å². The summed E-state index contributed by atoms with van der Waals surface area (Å²) in [7, 11) is 1.45. The van der Waals surface area contributed by atoms with Crippen molar-refractivity contribution in [1.82, 2.24) is 10.6 Å². The lowest BCUT2D eigenvalue weighted by molar-refractivity contribution is 0.0950. The van der Waals surface area contributed by atoms with Gasteiger partial charge in [0.1, 0.15) is 11.6 Å². The Balaban J connectivity index is 2.57. The fourth-order valence-corrected chi connectivity index (χ4v) is 1.34. The van der Waals surface area contributed by atoms with Crippen LogP contribution in [0.1, 0.15) is 17.3 Å². The highest BCUT2D eigenvalue weighted by Gasteiger charge is 2.11. The van der Waals surface area contributed by atoms with Gasteiger partial charge in [-0.3, -0.25) is 4.79 Å². The van der Waals surface area contributed by atoms with Crippen LogP contribution in [0.5, 0.6) is 5.75 Å². The summed E-state index contributed by atoms with van der Waals surface area (Å²) in [4.78, 5) is 11.6. The average molecular weight is 240 g/mol. The number of amides is 1. The van der Waals surface area contributed by atoms with Crippen molar-refractivity contribution < 1.29 is 13.9 Å². The molecule has 1 aromatic rings. The van der Waals surface area contributed by atoms with E-state index in [4.69, 9.17) is 4.74 Å². The number of rotatable bonds is 6. The largest absolute Gasteiger partial charge is 0.497 e. The number of likely N-dealkylation sites (N-methyl/N-ethyl adjacent to an activating group) is 1. The summed E-state index contributed by atoms with van der Waals surface area (Å²) in [5, 5.41) is 5.69. The first-order chi connectivity index (χ1) is 8.19. The van der Waals surface area contributed by atoms with E-state index in [0.717, 1.165) is 6.54 Å². The molecule has 0 aliphatic heterocycles. The molecule has 4 nitrogen and oxygen atoms in total. The lowest BCUT2D eigenvalue weighted by Crippen LogP contribution is -2.32. The van der Waals surface area contributed by atoms with Gasteiger partial charge in [-0.2, -0.15) is 0 Å². The molecule has 0 atom stereocenters. The molecule has 0 unspecified atom stereocenters. The van der Waals surface area contributed by atoms with Crippen LogP contribution in [0, 0.1) is 5.82 Å². The standard InChI is InChI=1S/C12H17FN2O2/c1-3-14-6-7-15-12(16)10-5-4-9(17-2)8-11(10)13/h4-5,8,14H,3,6-7H2,1-2H3,(H,15,16). The Morgan fingerprint density at radius 3 is 2.76 bits per heavy atom. The molecule has 5 heteroatoms.